The Morgan fingerprint density at radius 2 is 1.39 bits per heavy atom. The number of hydrogen-bond donors (Lipinski definition) is 2. The average Bonchev–Trinajstić information content (AvgIpc) is 2.63. The highest BCUT2D eigenvalue weighted by molar-refractivity contribution is 5.75. The van der Waals surface area contributed by atoms with E-state index in [-0.39, 0.29) is 11.8 Å². The topological polar surface area (TPSA) is 67.8 Å². The number of phenols is 1. The molecule has 0 aliphatic heterocycles. The molecule has 4 nitrogen and oxygen atoms in total. The lowest BCUT2D eigenvalue weighted by atomic mass is 10.2. The van der Waals surface area contributed by atoms with Gasteiger partial charge in [0.1, 0.15) is 5.75 Å². The van der Waals surface area contributed by atoms with E-state index in [0.29, 0.717) is 5.69 Å². The second-order valence-corrected chi connectivity index (χ2v) is 3.78. The zero-order valence-corrected chi connectivity index (χ0v) is 15.1. The van der Waals surface area contributed by atoms with Gasteiger partial charge in [0.15, 0.2) is 0 Å². The van der Waals surface area contributed by atoms with Crippen molar-refractivity contribution >= 4 is 11.7 Å². The Labute approximate surface area is 140 Å². The number of aryl methyl sites for hydroxylation is 1. The van der Waals surface area contributed by atoms with Crippen molar-refractivity contribution in [2.45, 2.75) is 34.6 Å². The van der Waals surface area contributed by atoms with Crippen LogP contribution in [0, 0.1) is 6.92 Å². The van der Waals surface area contributed by atoms with Gasteiger partial charge >= 0.3 is 0 Å². The molecule has 3 N–H and O–H groups in total. The van der Waals surface area contributed by atoms with E-state index in [1.54, 1.807) is 18.2 Å². The molecule has 128 valence electrons. The molecule has 0 bridgehead atoms. The van der Waals surface area contributed by atoms with Crippen LogP contribution >= 0.6 is 0 Å². The summed E-state index contributed by atoms with van der Waals surface area (Å²) in [5.41, 5.74) is 6.92. The molecule has 2 aromatic rings. The Hall–Kier alpha value is -2.49. The van der Waals surface area contributed by atoms with E-state index in [0.717, 1.165) is 5.56 Å². The van der Waals surface area contributed by atoms with Crippen molar-refractivity contribution in [3.63, 3.8) is 0 Å². The number of aromatic hydroxyl groups is 1. The van der Waals surface area contributed by atoms with Gasteiger partial charge in [0.25, 0.3) is 6.02 Å². The van der Waals surface area contributed by atoms with E-state index in [4.69, 9.17) is 15.6 Å². The number of rotatable bonds is 1. The first kappa shape index (κ1) is 22.8. The van der Waals surface area contributed by atoms with Crippen molar-refractivity contribution in [2.24, 2.45) is 10.7 Å². The molecule has 2 aromatic carbocycles. The SMILES string of the molecule is CC.CC.COC(N)=Nc1ccc(O)cc1C.c1ccccc1. The van der Waals surface area contributed by atoms with Gasteiger partial charge in [0.2, 0.25) is 0 Å². The maximum absolute atomic E-state index is 9.12. The predicted octanol–water partition coefficient (Wildman–Crippen LogP) is 5.03. The molecule has 0 heterocycles. The molecule has 0 unspecified atom stereocenters. The van der Waals surface area contributed by atoms with Crippen molar-refractivity contribution in [1.82, 2.24) is 0 Å². The number of amidine groups is 1. The van der Waals surface area contributed by atoms with Crippen LogP contribution in [0.4, 0.5) is 5.69 Å². The fraction of sp³-hybridized carbons (Fsp3) is 0.316. The van der Waals surface area contributed by atoms with Gasteiger partial charge in [-0.3, -0.25) is 0 Å². The number of nitrogens with zero attached hydrogens (tertiary/aromatic N) is 1. The minimum Gasteiger partial charge on any atom is -0.508 e. The van der Waals surface area contributed by atoms with E-state index < -0.39 is 0 Å². The van der Waals surface area contributed by atoms with Crippen LogP contribution in [0.15, 0.2) is 59.6 Å². The first-order chi connectivity index (χ1) is 11.1. The van der Waals surface area contributed by atoms with Crippen LogP contribution in [-0.4, -0.2) is 18.2 Å². The molecule has 0 amide bonds. The molecular weight excluding hydrogens is 288 g/mol. The molecule has 2 rings (SSSR count). The lowest BCUT2D eigenvalue weighted by molar-refractivity contribution is 0.397. The van der Waals surface area contributed by atoms with E-state index in [1.807, 2.05) is 71.0 Å². The molecule has 0 saturated heterocycles. The Morgan fingerprint density at radius 3 is 1.74 bits per heavy atom. The van der Waals surface area contributed by atoms with Gasteiger partial charge in [-0.25, -0.2) is 0 Å². The number of ether oxygens (including phenoxy) is 1. The highest BCUT2D eigenvalue weighted by atomic mass is 16.5. The first-order valence-electron chi connectivity index (χ1n) is 7.81. The maximum Gasteiger partial charge on any atom is 0.286 e. The number of phenolic OH excluding ortho intramolecular Hbond substituents is 1. The average molecular weight is 318 g/mol. The summed E-state index contributed by atoms with van der Waals surface area (Å²) in [6, 6.07) is 16.9. The van der Waals surface area contributed by atoms with Gasteiger partial charge in [-0.1, -0.05) is 64.1 Å². The van der Waals surface area contributed by atoms with Gasteiger partial charge < -0.3 is 15.6 Å². The van der Waals surface area contributed by atoms with E-state index in [9.17, 15) is 0 Å². The van der Waals surface area contributed by atoms with E-state index in [2.05, 4.69) is 4.99 Å². The molecule has 0 aliphatic carbocycles. The van der Waals surface area contributed by atoms with Gasteiger partial charge in [0.05, 0.1) is 12.8 Å². The summed E-state index contributed by atoms with van der Waals surface area (Å²) in [6.45, 7) is 9.83. The fourth-order valence-electron chi connectivity index (χ4n) is 1.31. The van der Waals surface area contributed by atoms with E-state index in [1.165, 1.54) is 7.11 Å². The van der Waals surface area contributed by atoms with Crippen LogP contribution < -0.4 is 5.73 Å². The molecule has 0 atom stereocenters. The Kier molecular flexibility index (Phi) is 15.7. The monoisotopic (exact) mass is 318 g/mol. The summed E-state index contributed by atoms with van der Waals surface area (Å²) in [6.07, 6.45) is 0. The largest absolute Gasteiger partial charge is 0.508 e. The van der Waals surface area contributed by atoms with Crippen molar-refractivity contribution in [3.8, 4) is 5.75 Å². The second-order valence-electron chi connectivity index (χ2n) is 3.78. The normalized spacial score (nSPS) is 9.04. The Morgan fingerprint density at radius 1 is 0.957 bits per heavy atom. The van der Waals surface area contributed by atoms with Crippen molar-refractivity contribution in [1.29, 1.82) is 0 Å². The minimum atomic E-state index is 0.105. The van der Waals surface area contributed by atoms with Gasteiger partial charge in [-0.2, -0.15) is 4.99 Å². The Bertz CT molecular complexity index is 499. The highest BCUT2D eigenvalue weighted by Gasteiger charge is 1.98. The fourth-order valence-corrected chi connectivity index (χ4v) is 1.31. The molecule has 23 heavy (non-hydrogen) atoms. The van der Waals surface area contributed by atoms with Crippen LogP contribution in [-0.2, 0) is 4.74 Å². The molecule has 0 aromatic heterocycles. The summed E-state index contributed by atoms with van der Waals surface area (Å²) in [7, 11) is 1.45. The summed E-state index contributed by atoms with van der Waals surface area (Å²) >= 11 is 0. The lowest BCUT2D eigenvalue weighted by Gasteiger charge is -2.02. The number of hydrogen-bond acceptors (Lipinski definition) is 3. The summed E-state index contributed by atoms with van der Waals surface area (Å²) in [5.74, 6) is 0.215. The second kappa shape index (κ2) is 15.9. The van der Waals surface area contributed by atoms with Crippen LogP contribution in [0.1, 0.15) is 33.3 Å². The van der Waals surface area contributed by atoms with Gasteiger partial charge in [-0.15, -0.1) is 0 Å². The zero-order valence-electron chi connectivity index (χ0n) is 15.1. The third kappa shape index (κ3) is 11.8. The van der Waals surface area contributed by atoms with Crippen LogP contribution in [0.2, 0.25) is 0 Å². The van der Waals surface area contributed by atoms with E-state index >= 15 is 0 Å². The molecule has 0 fully saturated rings. The standard InChI is InChI=1S/C9H12N2O2.C6H6.2C2H6/c1-6-5-7(12)3-4-8(6)11-9(10)13-2;1-2-4-6-5-3-1;2*1-2/h3-5,12H,1-2H3,(H2,10,11);1-6H;2*1-2H3. The van der Waals surface area contributed by atoms with Gasteiger partial charge in [0, 0.05) is 0 Å². The maximum atomic E-state index is 9.12. The molecular formula is C19H30N2O2. The minimum absolute atomic E-state index is 0.105. The molecule has 4 heteroatoms. The van der Waals surface area contributed by atoms with Crippen LogP contribution in [0.25, 0.3) is 0 Å². The van der Waals surface area contributed by atoms with Gasteiger partial charge in [-0.05, 0) is 30.7 Å². The summed E-state index contributed by atoms with van der Waals surface area (Å²) < 4.78 is 4.70. The highest BCUT2D eigenvalue weighted by Crippen LogP contribution is 2.22. The first-order valence-corrected chi connectivity index (χ1v) is 7.81. The van der Waals surface area contributed by atoms with Crippen molar-refractivity contribution in [3.05, 3.63) is 60.2 Å². The Balaban J connectivity index is 0. The molecule has 0 saturated carbocycles. The third-order valence-corrected chi connectivity index (χ3v) is 2.29. The third-order valence-electron chi connectivity index (χ3n) is 2.29. The van der Waals surface area contributed by atoms with Crippen molar-refractivity contribution in [2.75, 3.05) is 7.11 Å². The molecule has 0 radical (unpaired) electrons. The lowest BCUT2D eigenvalue weighted by Crippen LogP contribution is -2.12. The van der Waals surface area contributed by atoms with Crippen LogP contribution in [0.5, 0.6) is 5.75 Å². The quantitative estimate of drug-likeness (QED) is 0.572. The van der Waals surface area contributed by atoms with Crippen molar-refractivity contribution < 1.29 is 9.84 Å². The number of aliphatic imine (C=N–C) groups is 1. The number of nitrogens with two attached hydrogens (primary N) is 1. The van der Waals surface area contributed by atoms with Crippen LogP contribution in [0.3, 0.4) is 0 Å². The summed E-state index contributed by atoms with van der Waals surface area (Å²) in [4.78, 5) is 3.98. The molecule has 0 aliphatic rings. The number of benzene rings is 2. The number of methoxy groups -OCH3 is 1. The molecule has 0 spiro atoms. The summed E-state index contributed by atoms with van der Waals surface area (Å²) in [5, 5.41) is 9.12. The zero-order chi connectivity index (χ0) is 18.1. The predicted molar refractivity (Wildman–Crippen MR) is 100 cm³/mol. The smallest absolute Gasteiger partial charge is 0.286 e.